The summed E-state index contributed by atoms with van der Waals surface area (Å²) in [6.45, 7) is 0. The van der Waals surface area contributed by atoms with Gasteiger partial charge in [-0.05, 0) is 95.6 Å². The minimum absolute atomic E-state index is 0.901. The van der Waals surface area contributed by atoms with Crippen molar-refractivity contribution in [3.63, 3.8) is 0 Å². The molecular weight excluding hydrogens is 749 g/mol. The monoisotopic (exact) mass is 786 g/mol. The van der Waals surface area contributed by atoms with Crippen molar-refractivity contribution in [1.29, 1.82) is 0 Å². The number of para-hydroxylation sites is 4. The molecule has 0 radical (unpaired) electrons. The maximum atomic E-state index is 6.46. The third-order valence-corrected chi connectivity index (χ3v) is 12.5. The van der Waals surface area contributed by atoms with Gasteiger partial charge in [-0.1, -0.05) is 152 Å². The first-order valence-electron chi connectivity index (χ1n) is 20.3. The van der Waals surface area contributed by atoms with E-state index in [0.717, 1.165) is 78.0 Å². The number of hydrogen-bond donors (Lipinski definition) is 0. The predicted octanol–water partition coefficient (Wildman–Crippen LogP) is 16.7. The molecule has 284 valence electrons. The van der Waals surface area contributed by atoms with Gasteiger partial charge in [0.1, 0.15) is 11.2 Å². The van der Waals surface area contributed by atoms with Crippen LogP contribution < -0.4 is 9.80 Å². The summed E-state index contributed by atoms with van der Waals surface area (Å²) in [5.41, 5.74) is 13.0. The molecule has 0 N–H and O–H groups in total. The lowest BCUT2D eigenvalue weighted by molar-refractivity contribution is 0.670. The molecule has 11 aromatic rings. The normalized spacial score (nSPS) is 11.3. The molecule has 11 rings (SSSR count). The van der Waals surface area contributed by atoms with E-state index < -0.39 is 0 Å². The molecule has 0 saturated carbocycles. The van der Waals surface area contributed by atoms with E-state index in [9.17, 15) is 0 Å². The van der Waals surface area contributed by atoms with Crippen molar-refractivity contribution in [3.05, 3.63) is 231 Å². The van der Waals surface area contributed by atoms with Crippen LogP contribution in [0.3, 0.4) is 0 Å². The fourth-order valence-corrected chi connectivity index (χ4v) is 9.47. The van der Waals surface area contributed by atoms with E-state index in [4.69, 9.17) is 4.42 Å². The lowest BCUT2D eigenvalue weighted by Crippen LogP contribution is -2.13. The van der Waals surface area contributed by atoms with Crippen LogP contribution >= 0.6 is 11.3 Å². The summed E-state index contributed by atoms with van der Waals surface area (Å²) in [7, 11) is 0. The predicted molar refractivity (Wildman–Crippen MR) is 255 cm³/mol. The van der Waals surface area contributed by atoms with Crippen molar-refractivity contribution < 1.29 is 4.42 Å². The zero-order valence-corrected chi connectivity index (χ0v) is 33.5. The molecule has 0 atom stereocenters. The number of benzene rings is 9. The maximum Gasteiger partial charge on any atom is 0.143 e. The average molecular weight is 787 g/mol. The van der Waals surface area contributed by atoms with Crippen molar-refractivity contribution in [2.24, 2.45) is 0 Å². The van der Waals surface area contributed by atoms with E-state index in [1.54, 1.807) is 0 Å². The second-order valence-corrected chi connectivity index (χ2v) is 16.0. The first-order valence-corrected chi connectivity index (χ1v) is 21.1. The summed E-state index contributed by atoms with van der Waals surface area (Å²) >= 11 is 1.82. The van der Waals surface area contributed by atoms with E-state index >= 15 is 0 Å². The first kappa shape index (κ1) is 35.5. The molecule has 0 bridgehead atoms. The van der Waals surface area contributed by atoms with Crippen LogP contribution in [0.1, 0.15) is 0 Å². The third kappa shape index (κ3) is 6.40. The minimum atomic E-state index is 0.901. The second-order valence-electron chi connectivity index (χ2n) is 14.9. The van der Waals surface area contributed by atoms with Crippen LogP contribution in [0.2, 0.25) is 0 Å². The Morgan fingerprint density at radius 2 is 0.733 bits per heavy atom. The second kappa shape index (κ2) is 15.3. The van der Waals surface area contributed by atoms with E-state index in [2.05, 4.69) is 228 Å². The van der Waals surface area contributed by atoms with Gasteiger partial charge in [0.05, 0.1) is 11.4 Å². The number of thiophene rings is 1. The molecule has 0 unspecified atom stereocenters. The van der Waals surface area contributed by atoms with Crippen LogP contribution in [-0.4, -0.2) is 0 Å². The van der Waals surface area contributed by atoms with Crippen molar-refractivity contribution in [1.82, 2.24) is 0 Å². The topological polar surface area (TPSA) is 19.6 Å². The first-order chi connectivity index (χ1) is 29.8. The van der Waals surface area contributed by atoms with Gasteiger partial charge in [0.2, 0.25) is 0 Å². The summed E-state index contributed by atoms with van der Waals surface area (Å²) in [4.78, 5) is 7.25. The molecular formula is C56H38N2OS. The number of nitrogens with zero attached hydrogens (tertiary/aromatic N) is 2. The largest absolute Gasteiger partial charge is 0.455 e. The standard InChI is InChI=1S/C56H38N2OS/c1-4-15-40(16-5-1)54-37-38-55(60-54)41-29-33-45(34-30-41)58(44-31-27-39(28-32-44)46-24-14-25-50-49-23-12-13-26-53(49)59-56(46)50)52-36-35-51(47-21-10-11-22-48(47)52)57(42-17-6-2-7-18-42)43-19-8-3-9-20-43/h1-38H. The lowest BCUT2D eigenvalue weighted by Gasteiger charge is -2.30. The van der Waals surface area contributed by atoms with E-state index in [1.807, 2.05) is 23.5 Å². The molecule has 0 amide bonds. The Bertz CT molecular complexity index is 3210. The molecule has 4 heteroatoms. The molecule has 0 fully saturated rings. The molecule has 2 aromatic heterocycles. The van der Waals surface area contributed by atoms with Crippen molar-refractivity contribution in [2.75, 3.05) is 9.80 Å². The van der Waals surface area contributed by atoms with Gasteiger partial charge >= 0.3 is 0 Å². The highest BCUT2D eigenvalue weighted by Crippen LogP contribution is 2.46. The average Bonchev–Trinajstić information content (AvgIpc) is 3.98. The lowest BCUT2D eigenvalue weighted by atomic mass is 10.0. The Kier molecular flexibility index (Phi) is 9.03. The van der Waals surface area contributed by atoms with Gasteiger partial charge < -0.3 is 14.2 Å². The van der Waals surface area contributed by atoms with Crippen LogP contribution in [0, 0.1) is 0 Å². The zero-order chi connectivity index (χ0) is 39.8. The Labute approximate surface area is 353 Å². The molecule has 0 spiro atoms. The van der Waals surface area contributed by atoms with Gasteiger partial charge in [0, 0.05) is 59.6 Å². The molecule has 60 heavy (non-hydrogen) atoms. The Hall–Kier alpha value is -7.66. The molecule has 2 heterocycles. The Morgan fingerprint density at radius 3 is 1.30 bits per heavy atom. The molecule has 9 aromatic carbocycles. The van der Waals surface area contributed by atoms with Crippen LogP contribution in [0.15, 0.2) is 235 Å². The summed E-state index contributed by atoms with van der Waals surface area (Å²) in [5, 5.41) is 4.57. The maximum absolute atomic E-state index is 6.46. The summed E-state index contributed by atoms with van der Waals surface area (Å²) < 4.78 is 6.46. The van der Waals surface area contributed by atoms with Crippen LogP contribution in [0.5, 0.6) is 0 Å². The Morgan fingerprint density at radius 1 is 0.300 bits per heavy atom. The number of anilines is 6. The van der Waals surface area contributed by atoms with Crippen LogP contribution in [0.25, 0.3) is 64.7 Å². The number of fused-ring (bicyclic) bond motifs is 4. The highest BCUT2D eigenvalue weighted by atomic mass is 32.1. The number of rotatable bonds is 9. The van der Waals surface area contributed by atoms with Crippen molar-refractivity contribution in [2.45, 2.75) is 0 Å². The molecule has 0 aliphatic rings. The molecule has 0 saturated heterocycles. The smallest absolute Gasteiger partial charge is 0.143 e. The summed E-state index contributed by atoms with van der Waals surface area (Å²) in [5.74, 6) is 0. The van der Waals surface area contributed by atoms with Gasteiger partial charge in [-0.3, -0.25) is 0 Å². The highest BCUT2D eigenvalue weighted by molar-refractivity contribution is 7.18. The summed E-state index contributed by atoms with van der Waals surface area (Å²) in [6.07, 6.45) is 0. The van der Waals surface area contributed by atoms with E-state index in [0.29, 0.717) is 0 Å². The zero-order valence-electron chi connectivity index (χ0n) is 32.7. The third-order valence-electron chi connectivity index (χ3n) is 11.3. The highest BCUT2D eigenvalue weighted by Gasteiger charge is 2.21. The SMILES string of the molecule is c1ccc(-c2ccc(-c3ccc(N(c4ccc(-c5cccc6c5oc5ccccc56)cc4)c4ccc(N(c5ccccc5)c5ccccc5)c5ccccc45)cc3)s2)cc1. The van der Waals surface area contributed by atoms with Crippen LogP contribution in [-0.2, 0) is 0 Å². The van der Waals surface area contributed by atoms with Crippen LogP contribution in [0.4, 0.5) is 34.1 Å². The number of hydrogen-bond acceptors (Lipinski definition) is 4. The van der Waals surface area contributed by atoms with E-state index in [1.165, 1.54) is 20.9 Å². The number of furan rings is 1. The van der Waals surface area contributed by atoms with Crippen molar-refractivity contribution >= 4 is 78.2 Å². The van der Waals surface area contributed by atoms with Gasteiger partial charge in [0.25, 0.3) is 0 Å². The summed E-state index contributed by atoms with van der Waals surface area (Å²) in [6, 6.07) is 82.3. The fraction of sp³-hybridized carbons (Fsp3) is 0. The van der Waals surface area contributed by atoms with E-state index in [-0.39, 0.29) is 0 Å². The fourth-order valence-electron chi connectivity index (χ4n) is 8.46. The molecule has 3 nitrogen and oxygen atoms in total. The van der Waals surface area contributed by atoms with Crippen molar-refractivity contribution in [3.8, 4) is 32.0 Å². The molecule has 0 aliphatic heterocycles. The van der Waals surface area contributed by atoms with Gasteiger partial charge in [-0.2, -0.15) is 0 Å². The quantitative estimate of drug-likeness (QED) is 0.145. The van der Waals surface area contributed by atoms with Gasteiger partial charge in [-0.25, -0.2) is 0 Å². The minimum Gasteiger partial charge on any atom is -0.455 e. The Balaban J connectivity index is 1.05. The van der Waals surface area contributed by atoms with Gasteiger partial charge in [0.15, 0.2) is 0 Å². The molecule has 0 aliphatic carbocycles. The van der Waals surface area contributed by atoms with Gasteiger partial charge in [-0.15, -0.1) is 11.3 Å².